The van der Waals surface area contributed by atoms with E-state index in [0.717, 1.165) is 36.2 Å². The lowest BCUT2D eigenvalue weighted by molar-refractivity contribution is 0.0664. The Balaban J connectivity index is 1.65. The van der Waals surface area contributed by atoms with Gasteiger partial charge in [0.15, 0.2) is 0 Å². The zero-order valence-electron chi connectivity index (χ0n) is 17.5. The molecular weight excluding hydrogens is 446 g/mol. The minimum atomic E-state index is -0.236. The quantitative estimate of drug-likeness (QED) is 0.609. The molecule has 0 unspecified atom stereocenters. The van der Waals surface area contributed by atoms with Crippen LogP contribution in [0.15, 0.2) is 46.9 Å². The summed E-state index contributed by atoms with van der Waals surface area (Å²) in [7, 11) is 2.06. The number of rotatable bonds is 7. The van der Waals surface area contributed by atoms with Crippen molar-refractivity contribution in [2.45, 2.75) is 19.8 Å². The average molecular weight is 474 g/mol. The lowest BCUT2D eigenvalue weighted by Crippen LogP contribution is -2.47. The molecule has 0 spiro atoms. The van der Waals surface area contributed by atoms with Gasteiger partial charge in [0, 0.05) is 43.0 Å². The summed E-state index contributed by atoms with van der Waals surface area (Å²) in [5, 5.41) is 2.88. The number of halogens is 1. The topological polar surface area (TPSA) is 61.9 Å². The van der Waals surface area contributed by atoms with E-state index >= 15 is 0 Å². The fraction of sp³-hybridized carbons (Fsp3) is 0.391. The van der Waals surface area contributed by atoms with Crippen LogP contribution in [0.5, 0.6) is 5.75 Å². The van der Waals surface area contributed by atoms with Crippen LogP contribution in [0.25, 0.3) is 0 Å². The van der Waals surface area contributed by atoms with Crippen LogP contribution in [-0.2, 0) is 0 Å². The van der Waals surface area contributed by atoms with Gasteiger partial charge in [-0.25, -0.2) is 0 Å². The third-order valence-electron chi connectivity index (χ3n) is 5.11. The maximum Gasteiger partial charge on any atom is 0.255 e. The number of hydrogen-bond donors (Lipinski definition) is 1. The van der Waals surface area contributed by atoms with Gasteiger partial charge in [0.25, 0.3) is 11.8 Å². The molecule has 30 heavy (non-hydrogen) atoms. The molecule has 7 heteroatoms. The number of carbonyl (C=O) groups excluding carboxylic acids is 2. The number of likely N-dealkylation sites (N-methyl/N-ethyl adjacent to an activating group) is 1. The molecule has 0 saturated carbocycles. The fourth-order valence-electron chi connectivity index (χ4n) is 3.21. The van der Waals surface area contributed by atoms with Crippen LogP contribution < -0.4 is 10.1 Å². The predicted octanol–water partition coefficient (Wildman–Crippen LogP) is 4.27. The Morgan fingerprint density at radius 3 is 2.53 bits per heavy atom. The Morgan fingerprint density at radius 1 is 1.07 bits per heavy atom. The van der Waals surface area contributed by atoms with Crippen LogP contribution in [-0.4, -0.2) is 61.4 Å². The van der Waals surface area contributed by atoms with Crippen LogP contribution in [0, 0.1) is 0 Å². The number of ether oxygens (including phenoxy) is 1. The van der Waals surface area contributed by atoms with Crippen molar-refractivity contribution in [3.63, 3.8) is 0 Å². The number of hydrogen-bond acceptors (Lipinski definition) is 4. The van der Waals surface area contributed by atoms with Gasteiger partial charge < -0.3 is 19.9 Å². The van der Waals surface area contributed by atoms with Crippen molar-refractivity contribution in [2.24, 2.45) is 0 Å². The molecule has 1 fully saturated rings. The van der Waals surface area contributed by atoms with Crippen LogP contribution in [0.4, 0.5) is 5.69 Å². The van der Waals surface area contributed by atoms with E-state index in [4.69, 9.17) is 4.74 Å². The largest absolute Gasteiger partial charge is 0.492 e. The monoisotopic (exact) mass is 473 g/mol. The van der Waals surface area contributed by atoms with Crippen molar-refractivity contribution in [1.29, 1.82) is 0 Å². The molecule has 6 nitrogen and oxygen atoms in total. The summed E-state index contributed by atoms with van der Waals surface area (Å²) in [6, 6.07) is 12.4. The molecule has 1 aliphatic heterocycles. The van der Waals surface area contributed by atoms with Crippen molar-refractivity contribution in [3.8, 4) is 5.75 Å². The molecule has 2 amide bonds. The molecule has 0 aromatic heterocycles. The number of nitrogens with zero attached hydrogens (tertiary/aromatic N) is 2. The molecule has 0 atom stereocenters. The Kier molecular flexibility index (Phi) is 7.87. The lowest BCUT2D eigenvalue weighted by Gasteiger charge is -2.32. The van der Waals surface area contributed by atoms with E-state index in [1.807, 2.05) is 4.90 Å². The molecule has 2 aromatic rings. The third kappa shape index (κ3) is 5.83. The Labute approximate surface area is 186 Å². The van der Waals surface area contributed by atoms with Crippen molar-refractivity contribution in [3.05, 3.63) is 58.1 Å². The first-order valence-corrected chi connectivity index (χ1v) is 11.1. The van der Waals surface area contributed by atoms with E-state index in [1.165, 1.54) is 0 Å². The van der Waals surface area contributed by atoms with Gasteiger partial charge in [0.1, 0.15) is 5.75 Å². The lowest BCUT2D eigenvalue weighted by atomic mass is 10.1. The highest BCUT2D eigenvalue weighted by atomic mass is 79.9. The van der Waals surface area contributed by atoms with Crippen LogP contribution >= 0.6 is 15.9 Å². The van der Waals surface area contributed by atoms with Gasteiger partial charge in [-0.1, -0.05) is 19.4 Å². The second-order valence-corrected chi connectivity index (χ2v) is 8.33. The summed E-state index contributed by atoms with van der Waals surface area (Å²) in [6.45, 7) is 5.93. The molecule has 2 aromatic carbocycles. The first kappa shape index (κ1) is 22.3. The zero-order chi connectivity index (χ0) is 21.5. The van der Waals surface area contributed by atoms with Gasteiger partial charge in [0.2, 0.25) is 0 Å². The normalized spacial score (nSPS) is 14.4. The van der Waals surface area contributed by atoms with Crippen LogP contribution in [0.1, 0.15) is 40.5 Å². The highest BCUT2D eigenvalue weighted by molar-refractivity contribution is 9.10. The Morgan fingerprint density at radius 2 is 1.83 bits per heavy atom. The highest BCUT2D eigenvalue weighted by Gasteiger charge is 2.20. The van der Waals surface area contributed by atoms with Gasteiger partial charge in [-0.2, -0.15) is 0 Å². The maximum absolute atomic E-state index is 12.8. The van der Waals surface area contributed by atoms with E-state index in [-0.39, 0.29) is 11.8 Å². The molecule has 160 valence electrons. The van der Waals surface area contributed by atoms with E-state index in [0.29, 0.717) is 36.5 Å². The number of benzene rings is 2. The fourth-order valence-corrected chi connectivity index (χ4v) is 3.70. The zero-order valence-corrected chi connectivity index (χ0v) is 19.1. The Bertz CT molecular complexity index is 895. The molecule has 1 heterocycles. The predicted molar refractivity (Wildman–Crippen MR) is 122 cm³/mol. The minimum absolute atomic E-state index is 0.00414. The first-order chi connectivity index (χ1) is 14.5. The minimum Gasteiger partial charge on any atom is -0.492 e. The molecule has 1 N–H and O–H groups in total. The standard InChI is InChI=1S/C23H28BrN3O3/c1-3-4-14-30-21-9-8-17(16-20(21)24)22(28)25-19-7-5-6-18(15-19)23(29)27-12-10-26(2)11-13-27/h5-9,15-16H,3-4,10-14H2,1-2H3,(H,25,28). The second kappa shape index (κ2) is 10.6. The van der Waals surface area contributed by atoms with Gasteiger partial charge in [-0.3, -0.25) is 9.59 Å². The smallest absolute Gasteiger partial charge is 0.255 e. The number of amides is 2. The molecule has 1 saturated heterocycles. The first-order valence-electron chi connectivity index (χ1n) is 10.3. The number of piperazine rings is 1. The van der Waals surface area contributed by atoms with Crippen molar-refractivity contribution < 1.29 is 14.3 Å². The summed E-state index contributed by atoms with van der Waals surface area (Å²) >= 11 is 3.47. The van der Waals surface area contributed by atoms with E-state index < -0.39 is 0 Å². The van der Waals surface area contributed by atoms with E-state index in [1.54, 1.807) is 42.5 Å². The summed E-state index contributed by atoms with van der Waals surface area (Å²) in [5.41, 5.74) is 1.69. The van der Waals surface area contributed by atoms with Crippen LogP contribution in [0.2, 0.25) is 0 Å². The summed E-state index contributed by atoms with van der Waals surface area (Å²) in [5.74, 6) is 0.482. The molecule has 0 bridgehead atoms. The SMILES string of the molecule is CCCCOc1ccc(C(=O)Nc2cccc(C(=O)N3CCN(C)CC3)c2)cc1Br. The number of unbranched alkanes of at least 4 members (excludes halogenated alkanes) is 1. The van der Waals surface area contributed by atoms with Crippen molar-refractivity contribution in [2.75, 3.05) is 45.2 Å². The van der Waals surface area contributed by atoms with Crippen molar-refractivity contribution >= 4 is 33.4 Å². The van der Waals surface area contributed by atoms with Gasteiger partial charge >= 0.3 is 0 Å². The molecule has 0 aliphatic carbocycles. The summed E-state index contributed by atoms with van der Waals surface area (Å²) in [4.78, 5) is 29.5. The number of carbonyl (C=O) groups is 2. The van der Waals surface area contributed by atoms with Crippen LogP contribution in [0.3, 0.4) is 0 Å². The Hall–Kier alpha value is -2.38. The van der Waals surface area contributed by atoms with E-state index in [9.17, 15) is 9.59 Å². The summed E-state index contributed by atoms with van der Waals surface area (Å²) in [6.07, 6.45) is 2.05. The van der Waals surface area contributed by atoms with Gasteiger partial charge in [-0.05, 0) is 65.8 Å². The molecular formula is C23H28BrN3O3. The molecule has 3 rings (SSSR count). The van der Waals surface area contributed by atoms with Gasteiger partial charge in [0.05, 0.1) is 11.1 Å². The maximum atomic E-state index is 12.8. The average Bonchev–Trinajstić information content (AvgIpc) is 2.75. The second-order valence-electron chi connectivity index (χ2n) is 7.48. The molecule has 1 aliphatic rings. The van der Waals surface area contributed by atoms with Crippen molar-refractivity contribution in [1.82, 2.24) is 9.80 Å². The van der Waals surface area contributed by atoms with E-state index in [2.05, 4.69) is 40.1 Å². The van der Waals surface area contributed by atoms with Gasteiger partial charge in [-0.15, -0.1) is 0 Å². The third-order valence-corrected chi connectivity index (χ3v) is 5.73. The summed E-state index contributed by atoms with van der Waals surface area (Å²) < 4.78 is 6.45. The number of anilines is 1. The molecule has 0 radical (unpaired) electrons. The highest BCUT2D eigenvalue weighted by Crippen LogP contribution is 2.27. The number of nitrogens with one attached hydrogen (secondary N) is 1.